The molecule has 12 rings (SSSR count). The second-order valence-corrected chi connectivity index (χ2v) is 17.0. The molecule has 1 aliphatic carbocycles. The van der Waals surface area contributed by atoms with Gasteiger partial charge < -0.3 is 9.32 Å². The fourth-order valence-electron chi connectivity index (χ4n) is 9.77. The number of hydrogen-bond donors (Lipinski definition) is 0. The fourth-order valence-corrected chi connectivity index (χ4v) is 9.77. The van der Waals surface area contributed by atoms with Crippen LogP contribution in [-0.4, -0.2) is 9.97 Å². The van der Waals surface area contributed by atoms with E-state index in [0.717, 1.165) is 83.6 Å². The van der Waals surface area contributed by atoms with E-state index in [0.29, 0.717) is 5.82 Å². The van der Waals surface area contributed by atoms with Gasteiger partial charge in [-0.15, -0.1) is 0 Å². The van der Waals surface area contributed by atoms with Crippen molar-refractivity contribution in [3.8, 4) is 56.2 Å². The van der Waals surface area contributed by atoms with E-state index >= 15 is 0 Å². The lowest BCUT2D eigenvalue weighted by Gasteiger charge is -2.28. The predicted molar refractivity (Wildman–Crippen MR) is 261 cm³/mol. The summed E-state index contributed by atoms with van der Waals surface area (Å²) in [6.45, 7) is 4.67. The molecular formula is C59H41N3O. The Morgan fingerprint density at radius 2 is 1.03 bits per heavy atom. The monoisotopic (exact) mass is 807 g/mol. The second-order valence-electron chi connectivity index (χ2n) is 17.0. The SMILES string of the molecule is CC1(C)c2ccccc2-c2ccc(N(c3ccccc3)c3ccc4c(c3)oc3cccc(-c5ccc(-c6cc(-c7cccc8ccccc78)nc(-c7ccccc7)n6)cc5)c34)cc21. The molecule has 0 saturated heterocycles. The van der Waals surface area contributed by atoms with Gasteiger partial charge in [0.2, 0.25) is 0 Å². The summed E-state index contributed by atoms with van der Waals surface area (Å²) in [5.74, 6) is 0.700. The van der Waals surface area contributed by atoms with Crippen molar-refractivity contribution in [3.05, 3.63) is 223 Å². The smallest absolute Gasteiger partial charge is 0.160 e. The topological polar surface area (TPSA) is 42.2 Å². The van der Waals surface area contributed by atoms with Gasteiger partial charge in [-0.05, 0) is 92.7 Å². The molecule has 298 valence electrons. The highest BCUT2D eigenvalue weighted by molar-refractivity contribution is 6.13. The van der Waals surface area contributed by atoms with E-state index in [4.69, 9.17) is 14.4 Å². The maximum absolute atomic E-state index is 6.72. The summed E-state index contributed by atoms with van der Waals surface area (Å²) in [6.07, 6.45) is 0. The summed E-state index contributed by atoms with van der Waals surface area (Å²) in [4.78, 5) is 12.6. The third-order valence-electron chi connectivity index (χ3n) is 12.9. The first-order valence-corrected chi connectivity index (χ1v) is 21.6. The van der Waals surface area contributed by atoms with Crippen molar-refractivity contribution in [2.24, 2.45) is 0 Å². The average Bonchev–Trinajstić information content (AvgIpc) is 3.83. The van der Waals surface area contributed by atoms with Gasteiger partial charge in [-0.2, -0.15) is 0 Å². The number of para-hydroxylation sites is 1. The molecule has 0 aliphatic heterocycles. The minimum absolute atomic E-state index is 0.109. The molecule has 9 aromatic carbocycles. The highest BCUT2D eigenvalue weighted by Gasteiger charge is 2.35. The maximum Gasteiger partial charge on any atom is 0.160 e. The van der Waals surface area contributed by atoms with Crippen LogP contribution in [0.2, 0.25) is 0 Å². The molecule has 4 nitrogen and oxygen atoms in total. The van der Waals surface area contributed by atoms with Crippen LogP contribution in [-0.2, 0) is 5.41 Å². The summed E-state index contributed by atoms with van der Waals surface area (Å²) < 4.78 is 6.72. The number of hydrogen-bond acceptors (Lipinski definition) is 4. The number of fused-ring (bicyclic) bond motifs is 7. The van der Waals surface area contributed by atoms with E-state index < -0.39 is 0 Å². The molecule has 0 bridgehead atoms. The molecule has 63 heavy (non-hydrogen) atoms. The molecule has 0 saturated carbocycles. The van der Waals surface area contributed by atoms with Crippen LogP contribution in [0.25, 0.3) is 88.9 Å². The lowest BCUT2D eigenvalue weighted by molar-refractivity contribution is 0.660. The summed E-state index contributed by atoms with van der Waals surface area (Å²) in [5.41, 5.74) is 17.2. The highest BCUT2D eigenvalue weighted by Crippen LogP contribution is 2.51. The Balaban J connectivity index is 0.933. The van der Waals surface area contributed by atoms with Gasteiger partial charge in [0.05, 0.1) is 11.4 Å². The number of furan rings is 1. The van der Waals surface area contributed by atoms with Gasteiger partial charge in [0.1, 0.15) is 11.2 Å². The Bertz CT molecular complexity index is 3530. The largest absolute Gasteiger partial charge is 0.456 e. The Morgan fingerprint density at radius 1 is 0.397 bits per heavy atom. The highest BCUT2D eigenvalue weighted by atomic mass is 16.3. The van der Waals surface area contributed by atoms with E-state index in [-0.39, 0.29) is 5.41 Å². The number of benzene rings is 9. The Kier molecular flexibility index (Phi) is 8.48. The molecule has 0 N–H and O–H groups in total. The quantitative estimate of drug-likeness (QED) is 0.161. The van der Waals surface area contributed by atoms with Crippen LogP contribution in [0.5, 0.6) is 0 Å². The van der Waals surface area contributed by atoms with Gasteiger partial charge in [0, 0.05) is 56.0 Å². The van der Waals surface area contributed by atoms with Crippen LogP contribution in [0.15, 0.2) is 217 Å². The Labute approximate surface area is 366 Å². The zero-order valence-corrected chi connectivity index (χ0v) is 35.0. The normalized spacial score (nSPS) is 12.7. The third-order valence-corrected chi connectivity index (χ3v) is 12.9. The summed E-state index contributed by atoms with van der Waals surface area (Å²) in [5, 5.41) is 4.52. The first-order valence-electron chi connectivity index (χ1n) is 21.6. The summed E-state index contributed by atoms with van der Waals surface area (Å²) >= 11 is 0. The first kappa shape index (κ1) is 36.7. The minimum Gasteiger partial charge on any atom is -0.456 e. The van der Waals surface area contributed by atoms with Crippen molar-refractivity contribution in [1.82, 2.24) is 9.97 Å². The molecule has 2 aromatic heterocycles. The standard InChI is InChI=1S/C59H41N3O/c1-59(2)51-25-12-11-22-47(51)48-33-31-43(35-52(48)59)62(42-19-7-4-8-20-42)44-32-34-50-56(36-44)63-55-26-14-23-46(57(50)55)39-27-29-40(30-28-39)53-37-54(61-58(60-53)41-16-5-3-6-17-41)49-24-13-18-38-15-9-10-21-45(38)49/h3-37H,1-2H3. The van der Waals surface area contributed by atoms with Crippen molar-refractivity contribution < 1.29 is 4.42 Å². The van der Waals surface area contributed by atoms with Crippen molar-refractivity contribution >= 4 is 49.8 Å². The van der Waals surface area contributed by atoms with E-state index in [1.54, 1.807) is 0 Å². The van der Waals surface area contributed by atoms with Crippen LogP contribution >= 0.6 is 0 Å². The molecule has 11 aromatic rings. The molecule has 0 amide bonds. The van der Waals surface area contributed by atoms with Crippen LogP contribution in [0, 0.1) is 0 Å². The van der Waals surface area contributed by atoms with Crippen molar-refractivity contribution in [2.45, 2.75) is 19.3 Å². The second kappa shape index (κ2) is 14.5. The number of anilines is 3. The Hall–Kier alpha value is -8.08. The van der Waals surface area contributed by atoms with Gasteiger partial charge in [0.15, 0.2) is 5.82 Å². The number of rotatable bonds is 7. The molecule has 4 heteroatoms. The van der Waals surface area contributed by atoms with Crippen LogP contribution in [0.4, 0.5) is 17.1 Å². The van der Waals surface area contributed by atoms with Gasteiger partial charge in [-0.3, -0.25) is 0 Å². The van der Waals surface area contributed by atoms with Crippen LogP contribution in [0.1, 0.15) is 25.0 Å². The summed E-state index contributed by atoms with van der Waals surface area (Å²) in [6, 6.07) is 75.3. The van der Waals surface area contributed by atoms with Crippen molar-refractivity contribution in [3.63, 3.8) is 0 Å². The minimum atomic E-state index is -0.109. The zero-order chi connectivity index (χ0) is 42.1. The molecular weight excluding hydrogens is 767 g/mol. The van der Waals surface area contributed by atoms with E-state index in [1.165, 1.54) is 27.6 Å². The predicted octanol–water partition coefficient (Wildman–Crippen LogP) is 16.0. The van der Waals surface area contributed by atoms with Gasteiger partial charge in [-0.1, -0.05) is 172 Å². The molecule has 0 unspecified atom stereocenters. The van der Waals surface area contributed by atoms with Gasteiger partial charge >= 0.3 is 0 Å². The van der Waals surface area contributed by atoms with Crippen LogP contribution < -0.4 is 4.90 Å². The van der Waals surface area contributed by atoms with Gasteiger partial charge in [0.25, 0.3) is 0 Å². The van der Waals surface area contributed by atoms with E-state index in [9.17, 15) is 0 Å². The molecule has 0 atom stereocenters. The lowest BCUT2D eigenvalue weighted by Crippen LogP contribution is -2.16. The Morgan fingerprint density at radius 3 is 1.89 bits per heavy atom. The molecule has 1 aliphatic rings. The molecule has 0 radical (unpaired) electrons. The van der Waals surface area contributed by atoms with E-state index in [1.807, 2.05) is 18.2 Å². The maximum atomic E-state index is 6.72. The molecule has 2 heterocycles. The first-order chi connectivity index (χ1) is 31.0. The van der Waals surface area contributed by atoms with E-state index in [2.05, 4.69) is 213 Å². The zero-order valence-electron chi connectivity index (χ0n) is 35.0. The third kappa shape index (κ3) is 6.14. The van der Waals surface area contributed by atoms with Crippen molar-refractivity contribution in [1.29, 1.82) is 0 Å². The molecule has 0 fully saturated rings. The lowest BCUT2D eigenvalue weighted by atomic mass is 9.82. The average molecular weight is 808 g/mol. The van der Waals surface area contributed by atoms with Gasteiger partial charge in [-0.25, -0.2) is 9.97 Å². The fraction of sp³-hybridized carbons (Fsp3) is 0.0508. The number of aromatic nitrogens is 2. The number of nitrogens with zero attached hydrogens (tertiary/aromatic N) is 3. The van der Waals surface area contributed by atoms with Crippen LogP contribution in [0.3, 0.4) is 0 Å². The summed E-state index contributed by atoms with van der Waals surface area (Å²) in [7, 11) is 0. The van der Waals surface area contributed by atoms with Crippen molar-refractivity contribution in [2.75, 3.05) is 4.90 Å². The molecule has 0 spiro atoms.